The molecule has 2 saturated carbocycles. The molecule has 0 spiro atoms. The molecule has 1 aliphatic heterocycles. The number of para-hydroxylation sites is 1. The molecule has 3 heteroatoms. The average molecular weight is 410 g/mol. The second-order valence-corrected chi connectivity index (χ2v) is 9.31. The zero-order valence-corrected chi connectivity index (χ0v) is 17.8. The van der Waals surface area contributed by atoms with Gasteiger partial charge in [0, 0.05) is 22.6 Å². The van der Waals surface area contributed by atoms with E-state index in [0.29, 0.717) is 5.92 Å². The first kappa shape index (κ1) is 18.7. The van der Waals surface area contributed by atoms with Gasteiger partial charge in [-0.05, 0) is 54.5 Å². The van der Waals surface area contributed by atoms with Crippen molar-refractivity contribution in [2.45, 2.75) is 42.6 Å². The first-order valence-corrected chi connectivity index (χ1v) is 11.3. The molecule has 0 unspecified atom stereocenters. The van der Waals surface area contributed by atoms with Crippen molar-refractivity contribution >= 4 is 11.5 Å². The first-order chi connectivity index (χ1) is 15.2. The van der Waals surface area contributed by atoms with Gasteiger partial charge in [0.05, 0.1) is 12.6 Å². The molecule has 3 aromatic carbocycles. The Hall–Kier alpha value is -3.07. The largest absolute Gasteiger partial charge is 0.497 e. The fraction of sp³-hybridized carbons (Fsp3) is 0.321. The van der Waals surface area contributed by atoms with Crippen LogP contribution in [0.4, 0.5) is 5.69 Å². The number of Topliss-reactive ketones (excluding diaryl/α,β-unsaturated/α-hetero) is 1. The minimum Gasteiger partial charge on any atom is -0.497 e. The van der Waals surface area contributed by atoms with Crippen LogP contribution in [0, 0.1) is 5.92 Å². The number of methoxy groups -OCH3 is 1. The summed E-state index contributed by atoms with van der Waals surface area (Å²) in [4.78, 5) is 13.9. The van der Waals surface area contributed by atoms with E-state index < -0.39 is 0 Å². The fourth-order valence-electron chi connectivity index (χ4n) is 7.14. The number of ether oxygens (including phenoxy) is 1. The second-order valence-electron chi connectivity index (χ2n) is 9.31. The highest BCUT2D eigenvalue weighted by Gasteiger charge is 2.72. The minimum absolute atomic E-state index is 0.0445. The van der Waals surface area contributed by atoms with E-state index in [-0.39, 0.29) is 22.7 Å². The molecule has 3 nitrogen and oxygen atoms in total. The van der Waals surface area contributed by atoms with Crippen molar-refractivity contribution in [3.05, 3.63) is 95.6 Å². The molecule has 0 bridgehead atoms. The van der Waals surface area contributed by atoms with Crippen LogP contribution in [-0.4, -0.2) is 18.4 Å². The minimum atomic E-state index is -0.214. The number of anilines is 1. The van der Waals surface area contributed by atoms with Crippen LogP contribution >= 0.6 is 0 Å². The summed E-state index contributed by atoms with van der Waals surface area (Å²) < 4.78 is 5.41. The summed E-state index contributed by atoms with van der Waals surface area (Å²) in [6.45, 7) is 0. The predicted molar refractivity (Wildman–Crippen MR) is 123 cm³/mol. The third-order valence-corrected chi connectivity index (χ3v) is 8.26. The highest BCUT2D eigenvalue weighted by atomic mass is 16.5. The monoisotopic (exact) mass is 409 g/mol. The molecule has 0 saturated heterocycles. The number of nitrogens with one attached hydrogen (secondary N) is 1. The summed E-state index contributed by atoms with van der Waals surface area (Å²) in [5, 5.41) is 3.94. The first-order valence-electron chi connectivity index (χ1n) is 11.3. The fourth-order valence-corrected chi connectivity index (χ4v) is 7.14. The van der Waals surface area contributed by atoms with Gasteiger partial charge in [-0.15, -0.1) is 0 Å². The molecule has 3 aromatic rings. The normalized spacial score (nSPS) is 30.2. The molecule has 156 valence electrons. The zero-order valence-electron chi connectivity index (χ0n) is 17.8. The molecule has 3 aliphatic rings. The van der Waals surface area contributed by atoms with Gasteiger partial charge in [-0.1, -0.05) is 67.1 Å². The maximum atomic E-state index is 13.9. The van der Waals surface area contributed by atoms with Crippen LogP contribution in [0.5, 0.6) is 5.75 Å². The molecule has 1 heterocycles. The van der Waals surface area contributed by atoms with Crippen molar-refractivity contribution in [3.63, 3.8) is 0 Å². The van der Waals surface area contributed by atoms with Crippen LogP contribution in [0.2, 0.25) is 0 Å². The number of fused-ring (bicyclic) bond motifs is 1. The van der Waals surface area contributed by atoms with Crippen molar-refractivity contribution < 1.29 is 9.53 Å². The predicted octanol–water partition coefficient (Wildman–Crippen LogP) is 5.97. The number of hydrogen-bond donors (Lipinski definition) is 1. The van der Waals surface area contributed by atoms with Crippen molar-refractivity contribution in [2.75, 3.05) is 12.4 Å². The van der Waals surface area contributed by atoms with E-state index in [1.54, 1.807) is 7.11 Å². The van der Waals surface area contributed by atoms with E-state index >= 15 is 0 Å². The Morgan fingerprint density at radius 1 is 0.935 bits per heavy atom. The number of carbonyl (C=O) groups is 1. The smallest absolute Gasteiger partial charge is 0.168 e. The van der Waals surface area contributed by atoms with Crippen molar-refractivity contribution in [3.8, 4) is 5.75 Å². The summed E-state index contributed by atoms with van der Waals surface area (Å²) >= 11 is 0. The zero-order chi connectivity index (χ0) is 21.1. The number of rotatable bonds is 4. The third-order valence-electron chi connectivity index (χ3n) is 8.26. The second kappa shape index (κ2) is 6.71. The summed E-state index contributed by atoms with van der Waals surface area (Å²) in [7, 11) is 1.71. The highest BCUT2D eigenvalue weighted by molar-refractivity contribution is 6.00. The summed E-state index contributed by atoms with van der Waals surface area (Å²) in [5.74, 6) is 1.41. The molecule has 4 atom stereocenters. The molecule has 1 N–H and O–H groups in total. The van der Waals surface area contributed by atoms with E-state index in [0.717, 1.165) is 37.0 Å². The number of ketones is 1. The lowest BCUT2D eigenvalue weighted by Gasteiger charge is -2.41. The van der Waals surface area contributed by atoms with Gasteiger partial charge in [0.1, 0.15) is 5.75 Å². The standard InChI is InChI=1S/C28H27NO2/c1-31-21-14-12-19(13-15-21)23-18-24(26(30)20-8-3-2-4-9-20)28-17-7-16-27(23,28)22-10-5-6-11-25(22)29-28/h2-6,8-15,23-24,29H,7,16-18H2,1H3/t23-,24+,27-,28+/m0/s1. The van der Waals surface area contributed by atoms with Crippen LogP contribution in [-0.2, 0) is 5.41 Å². The summed E-state index contributed by atoms with van der Waals surface area (Å²) in [6, 6.07) is 27.1. The van der Waals surface area contributed by atoms with Crippen LogP contribution in [0.15, 0.2) is 78.9 Å². The molecule has 2 fully saturated rings. The van der Waals surface area contributed by atoms with E-state index in [1.807, 2.05) is 30.3 Å². The Morgan fingerprint density at radius 2 is 1.68 bits per heavy atom. The van der Waals surface area contributed by atoms with Gasteiger partial charge in [-0.2, -0.15) is 0 Å². The molecular weight excluding hydrogens is 382 g/mol. The third kappa shape index (κ3) is 2.38. The number of benzene rings is 3. The van der Waals surface area contributed by atoms with Gasteiger partial charge in [-0.3, -0.25) is 4.79 Å². The molecule has 31 heavy (non-hydrogen) atoms. The van der Waals surface area contributed by atoms with Crippen LogP contribution in [0.25, 0.3) is 0 Å². The Labute approximate surface area is 183 Å². The molecule has 6 rings (SSSR count). The Bertz CT molecular complexity index is 1140. The molecular formula is C28H27NO2. The van der Waals surface area contributed by atoms with E-state index in [1.165, 1.54) is 16.8 Å². The maximum Gasteiger partial charge on any atom is 0.168 e. The van der Waals surface area contributed by atoms with Gasteiger partial charge in [0.15, 0.2) is 5.78 Å². The van der Waals surface area contributed by atoms with Gasteiger partial charge in [-0.25, -0.2) is 0 Å². The number of carbonyl (C=O) groups excluding carboxylic acids is 1. The van der Waals surface area contributed by atoms with E-state index in [9.17, 15) is 4.79 Å². The van der Waals surface area contributed by atoms with Crippen LogP contribution < -0.4 is 10.1 Å². The van der Waals surface area contributed by atoms with Gasteiger partial charge in [0.25, 0.3) is 0 Å². The van der Waals surface area contributed by atoms with Gasteiger partial charge < -0.3 is 10.1 Å². The van der Waals surface area contributed by atoms with E-state index in [4.69, 9.17) is 4.74 Å². The topological polar surface area (TPSA) is 38.3 Å². The molecule has 0 amide bonds. The van der Waals surface area contributed by atoms with E-state index in [2.05, 4.69) is 53.8 Å². The van der Waals surface area contributed by atoms with Crippen LogP contribution in [0.3, 0.4) is 0 Å². The van der Waals surface area contributed by atoms with Crippen molar-refractivity contribution in [1.29, 1.82) is 0 Å². The lowest BCUT2D eigenvalue weighted by molar-refractivity contribution is 0.0873. The van der Waals surface area contributed by atoms with Crippen molar-refractivity contribution in [2.24, 2.45) is 5.92 Å². The average Bonchev–Trinajstić information content (AvgIpc) is 3.41. The quantitative estimate of drug-likeness (QED) is 0.540. The van der Waals surface area contributed by atoms with Gasteiger partial charge in [0.2, 0.25) is 0 Å². The Balaban J connectivity index is 1.53. The Morgan fingerprint density at radius 3 is 2.45 bits per heavy atom. The Kier molecular flexibility index (Phi) is 4.05. The molecule has 0 radical (unpaired) electrons. The lowest BCUT2D eigenvalue weighted by atomic mass is 9.64. The SMILES string of the molecule is COc1ccc([C@@H]2C[C@H](C(=O)c3ccccc3)[C@]34CCC[C@]23c2ccccc2N4)cc1. The molecule has 0 aromatic heterocycles. The van der Waals surface area contributed by atoms with Gasteiger partial charge >= 0.3 is 0 Å². The number of hydrogen-bond acceptors (Lipinski definition) is 3. The summed E-state index contributed by atoms with van der Waals surface area (Å²) in [6.07, 6.45) is 4.18. The van der Waals surface area contributed by atoms with Crippen LogP contribution in [0.1, 0.15) is 53.1 Å². The molecule has 2 aliphatic carbocycles. The maximum absolute atomic E-state index is 13.9. The lowest BCUT2D eigenvalue weighted by Crippen LogP contribution is -2.52. The highest BCUT2D eigenvalue weighted by Crippen LogP contribution is 2.71. The summed E-state index contributed by atoms with van der Waals surface area (Å²) in [5.41, 5.74) is 4.49. The van der Waals surface area contributed by atoms with Crippen molar-refractivity contribution in [1.82, 2.24) is 0 Å².